The van der Waals surface area contributed by atoms with E-state index in [1.165, 1.54) is 5.56 Å². The molecule has 0 radical (unpaired) electrons. The lowest BCUT2D eigenvalue weighted by Crippen LogP contribution is -2.44. The summed E-state index contributed by atoms with van der Waals surface area (Å²) < 4.78 is 22.7. The summed E-state index contributed by atoms with van der Waals surface area (Å²) >= 11 is 0. The normalized spacial score (nSPS) is 19.6. The predicted octanol–water partition coefficient (Wildman–Crippen LogP) is 5.42. The van der Waals surface area contributed by atoms with Crippen molar-refractivity contribution in [3.05, 3.63) is 60.0 Å². The van der Waals surface area contributed by atoms with Gasteiger partial charge in [0.05, 0.1) is 18.5 Å². The lowest BCUT2D eigenvalue weighted by molar-refractivity contribution is -0.146. The molecule has 4 rings (SSSR count). The number of nitrogens with zero attached hydrogens (tertiary/aromatic N) is 3. The van der Waals surface area contributed by atoms with Gasteiger partial charge in [0, 0.05) is 37.6 Å². The van der Waals surface area contributed by atoms with E-state index in [9.17, 15) is 9.90 Å². The summed E-state index contributed by atoms with van der Waals surface area (Å²) in [4.78, 5) is 18.7. The molecular formula is C28H36FN3O3. The van der Waals surface area contributed by atoms with Crippen molar-refractivity contribution in [2.24, 2.45) is 18.9 Å². The zero-order valence-electron chi connectivity index (χ0n) is 20.7. The predicted molar refractivity (Wildman–Crippen MR) is 135 cm³/mol. The third kappa shape index (κ3) is 6.40. The van der Waals surface area contributed by atoms with Crippen molar-refractivity contribution in [3.63, 3.8) is 0 Å². The summed E-state index contributed by atoms with van der Waals surface area (Å²) in [6, 6.07) is 9.34. The molecule has 0 unspecified atom stereocenters. The molecule has 2 aromatic heterocycles. The number of unbranched alkanes of at least 4 members (excludes halogenated alkanes) is 1. The molecule has 0 spiro atoms. The Labute approximate surface area is 206 Å². The average Bonchev–Trinajstić information content (AvgIpc) is 3.29. The Bertz CT molecular complexity index is 1130. The van der Waals surface area contributed by atoms with Crippen LogP contribution in [0.25, 0.3) is 10.9 Å². The highest BCUT2D eigenvalue weighted by molar-refractivity contribution is 5.83. The highest BCUT2D eigenvalue weighted by atomic mass is 19.1. The van der Waals surface area contributed by atoms with E-state index in [-0.39, 0.29) is 5.92 Å². The van der Waals surface area contributed by atoms with Crippen molar-refractivity contribution in [1.82, 2.24) is 14.5 Å². The molecule has 3 heterocycles. The minimum atomic E-state index is -1.17. The molecule has 0 aliphatic carbocycles. The van der Waals surface area contributed by atoms with Crippen LogP contribution in [0.15, 0.2) is 48.9 Å². The van der Waals surface area contributed by atoms with Crippen molar-refractivity contribution in [2.75, 3.05) is 26.7 Å². The molecule has 188 valence electrons. The summed E-state index contributed by atoms with van der Waals surface area (Å²) in [7, 11) is 3.62. The standard InChI is InChI=1S/C28H36FN3O3/c1-31-15-11-20(18-31)5-3-4-14-32-16-12-21(25(19-32)28(33)34)6-8-26(29)23-10-13-30-27-9-7-22(35-2)17-24(23)27/h7,9-11,13,15,17-18,21,25-26H,3-6,8,12,14,16,19H2,1-2H3,(H,33,34)/t21-,25+,26-/m1/s1. The van der Waals surface area contributed by atoms with Gasteiger partial charge in [-0.15, -0.1) is 0 Å². The first-order valence-electron chi connectivity index (χ1n) is 12.6. The van der Waals surface area contributed by atoms with E-state index in [4.69, 9.17) is 4.74 Å². The zero-order chi connectivity index (χ0) is 24.8. The second kappa shape index (κ2) is 11.7. The van der Waals surface area contributed by atoms with Gasteiger partial charge in [-0.25, -0.2) is 4.39 Å². The van der Waals surface area contributed by atoms with E-state index in [1.54, 1.807) is 19.4 Å². The van der Waals surface area contributed by atoms with Crippen LogP contribution < -0.4 is 4.74 Å². The van der Waals surface area contributed by atoms with Gasteiger partial charge in [-0.1, -0.05) is 0 Å². The third-order valence-electron chi connectivity index (χ3n) is 7.35. The van der Waals surface area contributed by atoms with Gasteiger partial charge in [-0.2, -0.15) is 0 Å². The first kappa shape index (κ1) is 25.2. The van der Waals surface area contributed by atoms with Crippen molar-refractivity contribution < 1.29 is 19.0 Å². The van der Waals surface area contributed by atoms with Crippen LogP contribution in [-0.4, -0.2) is 52.3 Å². The first-order valence-corrected chi connectivity index (χ1v) is 12.6. The summed E-state index contributed by atoms with van der Waals surface area (Å²) in [6.45, 7) is 2.35. The fourth-order valence-electron chi connectivity index (χ4n) is 5.33. The number of aliphatic carboxylic acids is 1. The van der Waals surface area contributed by atoms with Crippen molar-refractivity contribution in [1.29, 1.82) is 0 Å². The Morgan fingerprint density at radius 2 is 2.14 bits per heavy atom. The number of benzene rings is 1. The van der Waals surface area contributed by atoms with Gasteiger partial charge >= 0.3 is 5.97 Å². The summed E-state index contributed by atoms with van der Waals surface area (Å²) in [6.07, 6.45) is 9.54. The number of pyridine rings is 1. The molecule has 7 heteroatoms. The van der Waals surface area contributed by atoms with Crippen molar-refractivity contribution in [3.8, 4) is 5.75 Å². The fraction of sp³-hybridized carbons (Fsp3) is 0.500. The van der Waals surface area contributed by atoms with Crippen molar-refractivity contribution in [2.45, 2.75) is 44.7 Å². The smallest absolute Gasteiger partial charge is 0.308 e. The van der Waals surface area contributed by atoms with E-state index >= 15 is 4.39 Å². The molecule has 3 atom stereocenters. The Morgan fingerprint density at radius 3 is 2.89 bits per heavy atom. The molecule has 0 saturated carbocycles. The van der Waals surface area contributed by atoms with Crippen LogP contribution in [0, 0.1) is 11.8 Å². The number of halogens is 1. The van der Waals surface area contributed by atoms with Gasteiger partial charge in [-0.05, 0) is 99.0 Å². The molecular weight excluding hydrogens is 445 g/mol. The molecule has 1 fully saturated rings. The second-order valence-corrected chi connectivity index (χ2v) is 9.76. The van der Waals surface area contributed by atoms with Crippen LogP contribution in [0.2, 0.25) is 0 Å². The Morgan fingerprint density at radius 1 is 1.29 bits per heavy atom. The van der Waals surface area contributed by atoms with Gasteiger partial charge in [-0.3, -0.25) is 9.78 Å². The molecule has 6 nitrogen and oxygen atoms in total. The number of aromatic nitrogens is 2. The monoisotopic (exact) mass is 481 g/mol. The highest BCUT2D eigenvalue weighted by Gasteiger charge is 2.34. The number of rotatable bonds is 11. The third-order valence-corrected chi connectivity index (χ3v) is 7.35. The minimum Gasteiger partial charge on any atom is -0.497 e. The second-order valence-electron chi connectivity index (χ2n) is 9.76. The number of hydrogen-bond donors (Lipinski definition) is 1. The van der Waals surface area contributed by atoms with Gasteiger partial charge in [0.2, 0.25) is 0 Å². The number of fused-ring (bicyclic) bond motifs is 1. The molecule has 3 aromatic rings. The SMILES string of the molecule is COc1ccc2nccc([C@H](F)CC[C@@H]3CCN(CCCCc4ccn(C)c4)C[C@@H]3C(=O)O)c2c1. The molecule has 1 aliphatic rings. The number of carboxylic acid groups (broad SMARTS) is 1. The molecule has 0 amide bonds. The number of likely N-dealkylation sites (tertiary alicyclic amines) is 1. The average molecular weight is 482 g/mol. The molecule has 1 saturated heterocycles. The number of piperidine rings is 1. The summed E-state index contributed by atoms with van der Waals surface area (Å²) in [5, 5.41) is 10.6. The van der Waals surface area contributed by atoms with Crippen LogP contribution in [0.1, 0.15) is 49.4 Å². The quantitative estimate of drug-likeness (QED) is 0.371. The van der Waals surface area contributed by atoms with Gasteiger partial charge < -0.3 is 19.3 Å². The maximum absolute atomic E-state index is 15.4. The number of alkyl halides is 1. The maximum atomic E-state index is 15.4. The lowest BCUT2D eigenvalue weighted by Gasteiger charge is -2.37. The molecule has 1 aromatic carbocycles. The summed E-state index contributed by atoms with van der Waals surface area (Å²) in [5.74, 6) is -0.548. The Kier molecular flexibility index (Phi) is 8.39. The topological polar surface area (TPSA) is 67.6 Å². The molecule has 35 heavy (non-hydrogen) atoms. The number of carbonyl (C=O) groups is 1. The van der Waals surface area contributed by atoms with Crippen LogP contribution in [0.4, 0.5) is 4.39 Å². The van der Waals surface area contributed by atoms with Crippen molar-refractivity contribution >= 4 is 16.9 Å². The molecule has 0 bridgehead atoms. The van der Waals surface area contributed by atoms with E-state index in [0.717, 1.165) is 49.7 Å². The number of methoxy groups -OCH3 is 1. The van der Waals surface area contributed by atoms with E-state index in [1.807, 2.05) is 25.2 Å². The largest absolute Gasteiger partial charge is 0.497 e. The lowest BCUT2D eigenvalue weighted by atomic mass is 9.81. The number of hydrogen-bond acceptors (Lipinski definition) is 4. The highest BCUT2D eigenvalue weighted by Crippen LogP contribution is 2.35. The van der Waals surface area contributed by atoms with Crippen LogP contribution >= 0.6 is 0 Å². The molecule has 1 N–H and O–H groups in total. The molecule has 1 aliphatic heterocycles. The zero-order valence-corrected chi connectivity index (χ0v) is 20.7. The summed E-state index contributed by atoms with van der Waals surface area (Å²) in [5.41, 5.74) is 2.67. The van der Waals surface area contributed by atoms with Gasteiger partial charge in [0.25, 0.3) is 0 Å². The fourth-order valence-corrected chi connectivity index (χ4v) is 5.33. The van der Waals surface area contributed by atoms with Crippen LogP contribution in [0.5, 0.6) is 5.75 Å². The maximum Gasteiger partial charge on any atom is 0.308 e. The van der Waals surface area contributed by atoms with Gasteiger partial charge in [0.15, 0.2) is 0 Å². The Hall–Kier alpha value is -2.93. The van der Waals surface area contributed by atoms with E-state index in [2.05, 4.69) is 32.9 Å². The number of carboxylic acids is 1. The van der Waals surface area contributed by atoms with Gasteiger partial charge in [0.1, 0.15) is 11.9 Å². The number of ether oxygens (including phenoxy) is 1. The van der Waals surface area contributed by atoms with E-state index < -0.39 is 18.1 Å². The van der Waals surface area contributed by atoms with E-state index in [0.29, 0.717) is 30.7 Å². The minimum absolute atomic E-state index is 0.00560. The number of aryl methyl sites for hydroxylation is 2. The van der Waals surface area contributed by atoms with Crippen LogP contribution in [0.3, 0.4) is 0 Å². The van der Waals surface area contributed by atoms with Crippen LogP contribution in [-0.2, 0) is 18.3 Å². The Balaban J connectivity index is 1.30. The first-order chi connectivity index (χ1) is 16.9.